The van der Waals surface area contributed by atoms with E-state index in [1.807, 2.05) is 16.8 Å². The largest absolute Gasteiger partial charge is 0.478 e. The Balaban J connectivity index is 2.05. The fourth-order valence-electron chi connectivity index (χ4n) is 2.57. The number of nitrogens with one attached hydrogen (secondary N) is 1. The van der Waals surface area contributed by atoms with Crippen molar-refractivity contribution in [3.05, 3.63) is 48.4 Å². The van der Waals surface area contributed by atoms with Crippen LogP contribution in [-0.2, 0) is 0 Å². The molecule has 0 fully saturated rings. The number of aromatic nitrogens is 3. The lowest BCUT2D eigenvalue weighted by molar-refractivity contribution is 0.400. The lowest BCUT2D eigenvalue weighted by Gasteiger charge is -2.14. The number of hydrogen-bond donors (Lipinski definition) is 1. The Morgan fingerprint density at radius 1 is 1.36 bits per heavy atom. The summed E-state index contributed by atoms with van der Waals surface area (Å²) in [5.74, 6) is 0.535. The molecule has 0 radical (unpaired) electrons. The molecule has 2 heterocycles. The number of rotatable bonds is 5. The van der Waals surface area contributed by atoms with Gasteiger partial charge in [0.05, 0.1) is 12.8 Å². The molecule has 114 valence electrons. The van der Waals surface area contributed by atoms with E-state index >= 15 is 0 Å². The smallest absolute Gasteiger partial charge is 0.258 e. The van der Waals surface area contributed by atoms with E-state index in [0.717, 1.165) is 23.4 Å². The Morgan fingerprint density at radius 3 is 3.00 bits per heavy atom. The molecule has 0 amide bonds. The molecule has 0 spiro atoms. The molecule has 1 atom stereocenters. The third kappa shape index (κ3) is 2.67. The Morgan fingerprint density at radius 2 is 2.23 bits per heavy atom. The molecule has 5 heteroatoms. The van der Waals surface area contributed by atoms with Crippen molar-refractivity contribution in [1.29, 1.82) is 0 Å². The Labute approximate surface area is 130 Å². The second kappa shape index (κ2) is 6.15. The minimum atomic E-state index is 0.309. The fourth-order valence-corrected chi connectivity index (χ4v) is 2.57. The maximum Gasteiger partial charge on any atom is 0.258 e. The molecule has 0 saturated carbocycles. The fraction of sp³-hybridized carbons (Fsp3) is 0.294. The van der Waals surface area contributed by atoms with Crippen LogP contribution in [0.3, 0.4) is 0 Å². The van der Waals surface area contributed by atoms with E-state index in [-0.39, 0.29) is 0 Å². The number of methoxy groups -OCH3 is 1. The highest BCUT2D eigenvalue weighted by molar-refractivity contribution is 5.63. The second-order valence-electron chi connectivity index (χ2n) is 5.20. The highest BCUT2D eigenvalue weighted by Crippen LogP contribution is 2.25. The molecular weight excluding hydrogens is 276 g/mol. The summed E-state index contributed by atoms with van der Waals surface area (Å²) in [7, 11) is 1.62. The quantitative estimate of drug-likeness (QED) is 0.786. The Bertz CT molecular complexity index is 781. The molecule has 0 unspecified atom stereocenters. The van der Waals surface area contributed by atoms with Crippen molar-refractivity contribution in [3.63, 3.8) is 0 Å². The van der Waals surface area contributed by atoms with Gasteiger partial charge in [0.15, 0.2) is 5.65 Å². The average molecular weight is 296 g/mol. The van der Waals surface area contributed by atoms with Crippen molar-refractivity contribution < 1.29 is 4.74 Å². The number of hydrogen-bond acceptors (Lipinski definition) is 4. The van der Waals surface area contributed by atoms with Crippen LogP contribution < -0.4 is 10.1 Å². The maximum atomic E-state index is 5.36. The number of fused-ring (bicyclic) bond motifs is 1. The normalized spacial score (nSPS) is 12.5. The molecule has 2 aromatic heterocycles. The first-order chi connectivity index (χ1) is 10.7. The SMILES string of the molecule is CCN[C@H](C)c1cccc(-c2cn3ccnc3c(OC)n2)c1. The van der Waals surface area contributed by atoms with Crippen molar-refractivity contribution in [2.24, 2.45) is 0 Å². The lowest BCUT2D eigenvalue weighted by atomic mass is 10.0. The topological polar surface area (TPSA) is 51.5 Å². The van der Waals surface area contributed by atoms with Crippen LogP contribution >= 0.6 is 0 Å². The van der Waals surface area contributed by atoms with Crippen LogP contribution in [0.25, 0.3) is 16.9 Å². The summed E-state index contributed by atoms with van der Waals surface area (Å²) in [6.07, 6.45) is 5.61. The van der Waals surface area contributed by atoms with Gasteiger partial charge in [-0.3, -0.25) is 0 Å². The third-order valence-corrected chi connectivity index (χ3v) is 3.73. The summed E-state index contributed by atoms with van der Waals surface area (Å²) in [5, 5.41) is 3.43. The van der Waals surface area contributed by atoms with E-state index in [9.17, 15) is 0 Å². The monoisotopic (exact) mass is 296 g/mol. The van der Waals surface area contributed by atoms with Gasteiger partial charge in [-0.25, -0.2) is 9.97 Å². The summed E-state index contributed by atoms with van der Waals surface area (Å²) in [5.41, 5.74) is 3.90. The molecular formula is C17H20N4O. The van der Waals surface area contributed by atoms with Crippen LogP contribution in [0.2, 0.25) is 0 Å². The highest BCUT2D eigenvalue weighted by Gasteiger charge is 2.11. The first-order valence-electron chi connectivity index (χ1n) is 7.44. The van der Waals surface area contributed by atoms with E-state index in [1.165, 1.54) is 5.56 Å². The Kier molecular flexibility index (Phi) is 4.06. The predicted octanol–water partition coefficient (Wildman–Crippen LogP) is 3.08. The van der Waals surface area contributed by atoms with Gasteiger partial charge < -0.3 is 14.5 Å². The highest BCUT2D eigenvalue weighted by atomic mass is 16.5. The van der Waals surface area contributed by atoms with Gasteiger partial charge in [-0.1, -0.05) is 25.1 Å². The number of imidazole rings is 1. The zero-order valence-corrected chi connectivity index (χ0v) is 13.1. The van der Waals surface area contributed by atoms with Crippen LogP contribution in [0.15, 0.2) is 42.9 Å². The maximum absolute atomic E-state index is 5.36. The zero-order valence-electron chi connectivity index (χ0n) is 13.1. The molecule has 0 aliphatic heterocycles. The van der Waals surface area contributed by atoms with E-state index < -0.39 is 0 Å². The van der Waals surface area contributed by atoms with Gasteiger partial charge in [0, 0.05) is 30.2 Å². The van der Waals surface area contributed by atoms with Crippen LogP contribution in [0.1, 0.15) is 25.5 Å². The number of ether oxygens (including phenoxy) is 1. The molecule has 3 aromatic rings. The molecule has 22 heavy (non-hydrogen) atoms. The molecule has 1 aromatic carbocycles. The molecule has 1 N–H and O–H groups in total. The zero-order chi connectivity index (χ0) is 15.5. The molecule has 0 bridgehead atoms. The van der Waals surface area contributed by atoms with Gasteiger partial charge in [-0.15, -0.1) is 0 Å². The van der Waals surface area contributed by atoms with E-state index in [4.69, 9.17) is 4.74 Å². The first kappa shape index (κ1) is 14.5. The van der Waals surface area contributed by atoms with Crippen LogP contribution in [0.5, 0.6) is 5.88 Å². The minimum absolute atomic E-state index is 0.309. The van der Waals surface area contributed by atoms with Crippen molar-refractivity contribution in [3.8, 4) is 17.1 Å². The van der Waals surface area contributed by atoms with Gasteiger partial charge in [0.1, 0.15) is 0 Å². The number of benzene rings is 1. The molecule has 5 nitrogen and oxygen atoms in total. The summed E-state index contributed by atoms with van der Waals surface area (Å²) in [4.78, 5) is 8.84. The van der Waals surface area contributed by atoms with Gasteiger partial charge in [-0.05, 0) is 25.1 Å². The standard InChI is InChI=1S/C17H20N4O/c1-4-18-12(2)13-6-5-7-14(10-13)15-11-21-9-8-19-16(21)17(20-15)22-3/h5-12,18H,4H2,1-3H3/t12-/m1/s1. The van der Waals surface area contributed by atoms with Crippen molar-refractivity contribution >= 4 is 5.65 Å². The Hall–Kier alpha value is -2.40. The summed E-state index contributed by atoms with van der Waals surface area (Å²) in [6, 6.07) is 8.72. The first-order valence-corrected chi connectivity index (χ1v) is 7.44. The van der Waals surface area contributed by atoms with Gasteiger partial charge >= 0.3 is 0 Å². The van der Waals surface area contributed by atoms with Crippen molar-refractivity contribution in [2.45, 2.75) is 19.9 Å². The molecule has 0 saturated heterocycles. The third-order valence-electron chi connectivity index (χ3n) is 3.73. The molecule has 0 aliphatic carbocycles. The molecule has 3 rings (SSSR count). The number of nitrogens with zero attached hydrogens (tertiary/aromatic N) is 3. The minimum Gasteiger partial charge on any atom is -0.478 e. The van der Waals surface area contributed by atoms with Crippen LogP contribution in [-0.4, -0.2) is 28.0 Å². The lowest BCUT2D eigenvalue weighted by Crippen LogP contribution is -2.17. The van der Waals surface area contributed by atoms with Crippen LogP contribution in [0.4, 0.5) is 0 Å². The van der Waals surface area contributed by atoms with Gasteiger partial charge in [-0.2, -0.15) is 0 Å². The molecule has 0 aliphatic rings. The average Bonchev–Trinajstić information content (AvgIpc) is 3.02. The van der Waals surface area contributed by atoms with Crippen LogP contribution in [0, 0.1) is 0 Å². The summed E-state index contributed by atoms with van der Waals surface area (Å²) < 4.78 is 7.29. The predicted molar refractivity (Wildman–Crippen MR) is 87.1 cm³/mol. The van der Waals surface area contributed by atoms with E-state index in [2.05, 4.69) is 53.4 Å². The van der Waals surface area contributed by atoms with Gasteiger partial charge in [0.2, 0.25) is 0 Å². The van der Waals surface area contributed by atoms with E-state index in [0.29, 0.717) is 11.9 Å². The van der Waals surface area contributed by atoms with Crippen molar-refractivity contribution in [1.82, 2.24) is 19.7 Å². The second-order valence-corrected chi connectivity index (χ2v) is 5.20. The van der Waals surface area contributed by atoms with E-state index in [1.54, 1.807) is 13.3 Å². The van der Waals surface area contributed by atoms with Gasteiger partial charge in [0.25, 0.3) is 5.88 Å². The summed E-state index contributed by atoms with van der Waals surface area (Å²) in [6.45, 7) is 5.22. The van der Waals surface area contributed by atoms with Crippen molar-refractivity contribution in [2.75, 3.05) is 13.7 Å². The summed E-state index contributed by atoms with van der Waals surface area (Å²) >= 11 is 0.